The van der Waals surface area contributed by atoms with Crippen LogP contribution < -0.4 is 4.90 Å². The second-order valence-electron chi connectivity index (χ2n) is 11.9. The molecule has 1 amide bonds. The molecule has 10 heteroatoms. The summed E-state index contributed by atoms with van der Waals surface area (Å²) in [7, 11) is 1.39. The van der Waals surface area contributed by atoms with Gasteiger partial charge in [-0.3, -0.25) is 9.69 Å². The first kappa shape index (κ1) is 30.5. The molecule has 3 fully saturated rings. The molecule has 2 aromatic carbocycles. The Labute approximate surface area is 244 Å². The van der Waals surface area contributed by atoms with E-state index in [9.17, 15) is 27.2 Å². The highest BCUT2D eigenvalue weighted by atomic mass is 19.4. The van der Waals surface area contributed by atoms with Gasteiger partial charge in [0.05, 0.1) is 24.3 Å². The zero-order chi connectivity index (χ0) is 30.2. The predicted octanol–water partition coefficient (Wildman–Crippen LogP) is 6.44. The van der Waals surface area contributed by atoms with Crippen LogP contribution >= 0.6 is 0 Å². The first-order chi connectivity index (χ1) is 19.9. The number of carbonyl (C=O) groups is 2. The lowest BCUT2D eigenvalue weighted by Crippen LogP contribution is -2.58. The largest absolute Gasteiger partial charge is 0.462 e. The minimum atomic E-state index is -4.72. The lowest BCUT2D eigenvalue weighted by Gasteiger charge is -2.47. The number of esters is 1. The van der Waals surface area contributed by atoms with Crippen LogP contribution in [0.4, 0.5) is 23.2 Å². The Morgan fingerprint density at radius 2 is 1.88 bits per heavy atom. The fraction of sp³-hybridized carbons (Fsp3) is 0.562. The fourth-order valence-electron chi connectivity index (χ4n) is 6.73. The molecule has 1 saturated carbocycles. The molecular formula is C32H38F4N2O4. The second-order valence-corrected chi connectivity index (χ2v) is 11.9. The zero-order valence-corrected chi connectivity index (χ0v) is 24.3. The number of halogens is 4. The second kappa shape index (κ2) is 12.0. The van der Waals surface area contributed by atoms with Crippen molar-refractivity contribution in [3.8, 4) is 0 Å². The Bertz CT molecular complexity index is 1300. The number of likely N-dealkylation sites (N-methyl/N-ethyl adjacent to an activating group) is 1. The van der Waals surface area contributed by atoms with Crippen LogP contribution in [0.2, 0.25) is 0 Å². The van der Waals surface area contributed by atoms with Gasteiger partial charge in [-0.05, 0) is 99.2 Å². The van der Waals surface area contributed by atoms with Crippen molar-refractivity contribution < 1.29 is 36.6 Å². The van der Waals surface area contributed by atoms with E-state index in [1.807, 2.05) is 12.1 Å². The maximum atomic E-state index is 14.1. The molecule has 5 rings (SSSR count). The number of hydrogen-bond acceptors (Lipinski definition) is 5. The zero-order valence-electron chi connectivity index (χ0n) is 24.3. The number of hydrogen-bond donors (Lipinski definition) is 0. The lowest BCUT2D eigenvalue weighted by atomic mass is 9.79. The minimum Gasteiger partial charge on any atom is -0.462 e. The summed E-state index contributed by atoms with van der Waals surface area (Å²) in [4.78, 5) is 29.5. The lowest BCUT2D eigenvalue weighted by molar-refractivity contribution is -0.162. The Balaban J connectivity index is 1.24. The summed E-state index contributed by atoms with van der Waals surface area (Å²) in [5.41, 5.74) is -0.704. The number of carbonyl (C=O) groups excluding carboxylic acids is 2. The van der Waals surface area contributed by atoms with Crippen molar-refractivity contribution in [2.45, 2.75) is 69.7 Å². The highest BCUT2D eigenvalue weighted by Crippen LogP contribution is 2.49. The van der Waals surface area contributed by atoms with E-state index in [0.717, 1.165) is 61.4 Å². The van der Waals surface area contributed by atoms with Crippen LogP contribution in [0.25, 0.3) is 0 Å². The van der Waals surface area contributed by atoms with Gasteiger partial charge >= 0.3 is 12.1 Å². The monoisotopic (exact) mass is 590 g/mol. The SMILES string of the molecule is CCOC(=O)c1cccc([C@@H]2CCN([C@@H]3CC[C@@](C(=O)N(C)c4cc(F)cc(C(F)(F)F)c4)(C4CC4)OC3)C[C@H]2C)c1. The van der Waals surface area contributed by atoms with E-state index in [0.29, 0.717) is 43.1 Å². The maximum absolute atomic E-state index is 14.1. The quantitative estimate of drug-likeness (QED) is 0.275. The number of amides is 1. The summed E-state index contributed by atoms with van der Waals surface area (Å²) in [6, 6.07) is 9.97. The maximum Gasteiger partial charge on any atom is 0.416 e. The third kappa shape index (κ3) is 6.20. The summed E-state index contributed by atoms with van der Waals surface area (Å²) in [6.45, 7) is 6.36. The van der Waals surface area contributed by atoms with E-state index < -0.39 is 29.1 Å². The minimum absolute atomic E-state index is 0.000352. The van der Waals surface area contributed by atoms with Crippen molar-refractivity contribution >= 4 is 17.6 Å². The van der Waals surface area contributed by atoms with Crippen molar-refractivity contribution in [1.82, 2.24) is 4.90 Å². The standard InChI is InChI=1S/C32H38F4N2O4/c1-4-41-29(39)22-7-5-6-21(14-22)28-11-13-38(18-20(28)2)26-10-12-31(42-19-26,23-8-9-23)30(40)37(3)27-16-24(32(34,35)36)15-25(33)17-27/h5-7,14-17,20,23,26,28H,4,8-13,18-19H2,1-3H3/t20-,26-,28-,31+/m1/s1. The van der Waals surface area contributed by atoms with Crippen molar-refractivity contribution in [3.05, 3.63) is 65.0 Å². The first-order valence-corrected chi connectivity index (χ1v) is 14.7. The van der Waals surface area contributed by atoms with Gasteiger partial charge in [0.15, 0.2) is 0 Å². The Kier molecular flexibility index (Phi) is 8.67. The number of alkyl halides is 3. The van der Waals surface area contributed by atoms with E-state index in [-0.39, 0.29) is 23.6 Å². The molecule has 0 N–H and O–H groups in total. The number of anilines is 1. The highest BCUT2D eigenvalue weighted by Gasteiger charge is 2.55. The summed E-state index contributed by atoms with van der Waals surface area (Å²) in [5, 5.41) is 0. The molecule has 6 nitrogen and oxygen atoms in total. The first-order valence-electron chi connectivity index (χ1n) is 14.7. The average molecular weight is 591 g/mol. The van der Waals surface area contributed by atoms with Crippen LogP contribution in [-0.4, -0.2) is 61.8 Å². The van der Waals surface area contributed by atoms with Crippen molar-refractivity contribution in [3.63, 3.8) is 0 Å². The van der Waals surface area contributed by atoms with Gasteiger partial charge in [0.1, 0.15) is 11.4 Å². The highest BCUT2D eigenvalue weighted by molar-refractivity contribution is 5.99. The number of piperidine rings is 1. The van der Waals surface area contributed by atoms with Gasteiger partial charge in [-0.2, -0.15) is 13.2 Å². The molecule has 3 aliphatic rings. The van der Waals surface area contributed by atoms with Gasteiger partial charge in [-0.1, -0.05) is 19.1 Å². The number of benzene rings is 2. The van der Waals surface area contributed by atoms with Crippen molar-refractivity contribution in [2.24, 2.45) is 11.8 Å². The summed E-state index contributed by atoms with van der Waals surface area (Å²) in [6.07, 6.45) is -0.993. The molecule has 2 aromatic rings. The number of nitrogens with zero attached hydrogens (tertiary/aromatic N) is 2. The molecule has 2 aliphatic heterocycles. The molecule has 228 valence electrons. The van der Waals surface area contributed by atoms with E-state index in [2.05, 4.69) is 17.9 Å². The smallest absolute Gasteiger partial charge is 0.416 e. The van der Waals surface area contributed by atoms with Crippen LogP contribution in [-0.2, 0) is 20.4 Å². The molecular weight excluding hydrogens is 552 g/mol. The van der Waals surface area contributed by atoms with Gasteiger partial charge in [-0.25, -0.2) is 9.18 Å². The third-order valence-corrected chi connectivity index (χ3v) is 9.16. The molecule has 0 unspecified atom stereocenters. The Morgan fingerprint density at radius 1 is 1.12 bits per heavy atom. The summed E-state index contributed by atoms with van der Waals surface area (Å²) in [5.74, 6) is -1.16. The normalized spacial score (nSPS) is 27.0. The number of ether oxygens (including phenoxy) is 2. The number of likely N-dealkylation sites (tertiary alicyclic amines) is 1. The van der Waals surface area contributed by atoms with Gasteiger partial charge < -0.3 is 14.4 Å². The number of rotatable bonds is 7. The Hall–Kier alpha value is -2.98. The molecule has 2 heterocycles. The molecule has 4 atom stereocenters. The van der Waals surface area contributed by atoms with Crippen molar-refractivity contribution in [1.29, 1.82) is 0 Å². The van der Waals surface area contributed by atoms with E-state index >= 15 is 0 Å². The topological polar surface area (TPSA) is 59.1 Å². The van der Waals surface area contributed by atoms with Crippen LogP contribution in [0.1, 0.15) is 73.4 Å². The van der Waals surface area contributed by atoms with Crippen LogP contribution in [0.5, 0.6) is 0 Å². The molecule has 0 aromatic heterocycles. The van der Waals surface area contributed by atoms with Gasteiger partial charge in [-0.15, -0.1) is 0 Å². The van der Waals surface area contributed by atoms with E-state index in [1.165, 1.54) is 7.05 Å². The molecule has 0 radical (unpaired) electrons. The van der Waals surface area contributed by atoms with Gasteiger partial charge in [0, 0.05) is 25.3 Å². The van der Waals surface area contributed by atoms with E-state index in [1.54, 1.807) is 13.0 Å². The van der Waals surface area contributed by atoms with Gasteiger partial charge in [0.25, 0.3) is 5.91 Å². The van der Waals surface area contributed by atoms with Crippen molar-refractivity contribution in [2.75, 3.05) is 38.3 Å². The molecule has 2 saturated heterocycles. The predicted molar refractivity (Wildman–Crippen MR) is 150 cm³/mol. The van der Waals surface area contributed by atoms with Crippen LogP contribution in [0, 0.1) is 17.7 Å². The molecule has 42 heavy (non-hydrogen) atoms. The molecule has 1 aliphatic carbocycles. The summed E-state index contributed by atoms with van der Waals surface area (Å²) < 4.78 is 65.6. The fourth-order valence-corrected chi connectivity index (χ4v) is 6.73. The molecule has 0 spiro atoms. The van der Waals surface area contributed by atoms with Crippen LogP contribution in [0.15, 0.2) is 42.5 Å². The third-order valence-electron chi connectivity index (χ3n) is 9.16. The molecule has 0 bridgehead atoms. The van der Waals surface area contributed by atoms with Crippen LogP contribution in [0.3, 0.4) is 0 Å². The van der Waals surface area contributed by atoms with E-state index in [4.69, 9.17) is 9.47 Å². The van der Waals surface area contributed by atoms with Gasteiger partial charge in [0.2, 0.25) is 0 Å². The summed E-state index contributed by atoms with van der Waals surface area (Å²) >= 11 is 0. The average Bonchev–Trinajstić information content (AvgIpc) is 3.82. The Morgan fingerprint density at radius 3 is 2.50 bits per heavy atom.